The number of carbonyl (C=O) groups is 1. The first kappa shape index (κ1) is 32.1. The lowest BCUT2D eigenvalue weighted by Crippen LogP contribution is -2.42. The molecular formula is C35H41N5O4S. The first-order chi connectivity index (χ1) is 21.5. The summed E-state index contributed by atoms with van der Waals surface area (Å²) in [5.41, 5.74) is 4.03. The fourth-order valence-electron chi connectivity index (χ4n) is 6.09. The first-order valence-electron chi connectivity index (χ1n) is 15.4. The fourth-order valence-corrected chi connectivity index (χ4v) is 7.10. The van der Waals surface area contributed by atoms with E-state index in [1.54, 1.807) is 12.1 Å². The molecule has 3 aromatic carbocycles. The third-order valence-corrected chi connectivity index (χ3v) is 9.57. The normalized spacial score (nSPS) is 16.0. The van der Waals surface area contributed by atoms with Crippen LogP contribution in [-0.4, -0.2) is 59.8 Å². The van der Waals surface area contributed by atoms with Crippen molar-refractivity contribution in [3.63, 3.8) is 0 Å². The highest BCUT2D eigenvalue weighted by Gasteiger charge is 2.30. The Labute approximate surface area is 265 Å². The highest BCUT2D eigenvalue weighted by molar-refractivity contribution is 7.92. The van der Waals surface area contributed by atoms with E-state index in [1.165, 1.54) is 23.8 Å². The molecular weight excluding hydrogens is 586 g/mol. The lowest BCUT2D eigenvalue weighted by molar-refractivity contribution is 0.0666. The van der Waals surface area contributed by atoms with Crippen LogP contribution in [0.4, 0.5) is 5.95 Å². The molecule has 1 amide bonds. The maximum absolute atomic E-state index is 14.0. The monoisotopic (exact) mass is 627 g/mol. The first-order valence-corrected chi connectivity index (χ1v) is 16.9. The van der Waals surface area contributed by atoms with Crippen molar-refractivity contribution in [2.24, 2.45) is 5.92 Å². The van der Waals surface area contributed by atoms with Crippen LogP contribution in [0.2, 0.25) is 0 Å². The number of hydrogen-bond donors (Lipinski definition) is 2. The molecule has 1 fully saturated rings. The van der Waals surface area contributed by atoms with E-state index in [4.69, 9.17) is 0 Å². The summed E-state index contributed by atoms with van der Waals surface area (Å²) in [5, 5.41) is 0. The van der Waals surface area contributed by atoms with Crippen molar-refractivity contribution in [3.8, 4) is 11.3 Å². The van der Waals surface area contributed by atoms with Gasteiger partial charge in [-0.05, 0) is 67.5 Å². The van der Waals surface area contributed by atoms with E-state index in [1.807, 2.05) is 55.1 Å². The Morgan fingerprint density at radius 3 is 2.38 bits per heavy atom. The van der Waals surface area contributed by atoms with Crippen LogP contribution >= 0.6 is 0 Å². The zero-order chi connectivity index (χ0) is 32.1. The van der Waals surface area contributed by atoms with Crippen LogP contribution in [0.3, 0.4) is 0 Å². The molecule has 1 atom stereocenters. The van der Waals surface area contributed by atoms with Crippen LogP contribution in [0.25, 0.3) is 11.3 Å². The van der Waals surface area contributed by atoms with Crippen LogP contribution in [-0.2, 0) is 16.6 Å². The van der Waals surface area contributed by atoms with E-state index in [9.17, 15) is 18.0 Å². The highest BCUT2D eigenvalue weighted by atomic mass is 32.2. The average molecular weight is 628 g/mol. The number of nitrogens with zero attached hydrogens (tertiary/aromatic N) is 3. The van der Waals surface area contributed by atoms with Crippen LogP contribution in [0.1, 0.15) is 53.7 Å². The summed E-state index contributed by atoms with van der Waals surface area (Å²) in [7, 11) is -4.18. The molecule has 1 saturated heterocycles. The number of H-pyrrole nitrogens is 1. The van der Waals surface area contributed by atoms with Gasteiger partial charge in [0.25, 0.3) is 21.5 Å². The molecule has 236 valence electrons. The Bertz CT molecular complexity index is 1800. The summed E-state index contributed by atoms with van der Waals surface area (Å²) < 4.78 is 29.5. The van der Waals surface area contributed by atoms with Crippen molar-refractivity contribution < 1.29 is 13.2 Å². The van der Waals surface area contributed by atoms with E-state index < -0.39 is 15.6 Å². The molecule has 2 heterocycles. The number of anilines is 1. The number of aryl methyl sites for hydroxylation is 2. The lowest BCUT2D eigenvalue weighted by Gasteiger charge is -2.31. The van der Waals surface area contributed by atoms with Crippen molar-refractivity contribution in [1.82, 2.24) is 19.8 Å². The predicted octanol–water partition coefficient (Wildman–Crippen LogP) is 5.62. The topological polar surface area (TPSA) is 115 Å². The van der Waals surface area contributed by atoms with Gasteiger partial charge in [0.05, 0.1) is 10.6 Å². The summed E-state index contributed by atoms with van der Waals surface area (Å²) in [6, 6.07) is 23.5. The molecule has 0 unspecified atom stereocenters. The van der Waals surface area contributed by atoms with Gasteiger partial charge in [0.1, 0.15) is 0 Å². The molecule has 1 aromatic heterocycles. The van der Waals surface area contributed by atoms with Gasteiger partial charge in [0, 0.05) is 49.4 Å². The number of nitrogens with one attached hydrogen (secondary N) is 2. The molecule has 10 heteroatoms. The molecule has 45 heavy (non-hydrogen) atoms. The van der Waals surface area contributed by atoms with E-state index in [0.29, 0.717) is 23.7 Å². The number of benzene rings is 3. The van der Waals surface area contributed by atoms with Crippen LogP contribution in [0.5, 0.6) is 0 Å². The second-order valence-electron chi connectivity index (χ2n) is 12.2. The van der Waals surface area contributed by atoms with Gasteiger partial charge in [0.15, 0.2) is 0 Å². The third-order valence-electron chi connectivity index (χ3n) is 8.23. The highest BCUT2D eigenvalue weighted by Crippen LogP contribution is 2.26. The van der Waals surface area contributed by atoms with Gasteiger partial charge in [-0.3, -0.25) is 19.5 Å². The molecule has 0 bridgehead atoms. The summed E-state index contributed by atoms with van der Waals surface area (Å²) in [6.07, 6.45) is 1.70. The number of amides is 1. The SMILES string of the molecule is Cc1cccc(C)c1-c1cc(=O)[nH]c(NS(=O)(=O)c2cccc(C(=O)N3CCN(Cc4ccccc4)CC[C@H]3CC(C)C)c2)n1. The summed E-state index contributed by atoms with van der Waals surface area (Å²) in [5.74, 6) is 0.0125. The fraction of sp³-hybridized carbons (Fsp3) is 0.343. The van der Waals surface area contributed by atoms with Crippen LogP contribution in [0.15, 0.2) is 88.6 Å². The number of aromatic amines is 1. The summed E-state index contributed by atoms with van der Waals surface area (Å²) >= 11 is 0. The number of carbonyl (C=O) groups excluding carboxylic acids is 1. The molecule has 0 saturated carbocycles. The molecule has 5 rings (SSSR count). The molecule has 1 aliphatic heterocycles. The number of rotatable bonds is 9. The third kappa shape index (κ3) is 7.87. The smallest absolute Gasteiger partial charge is 0.264 e. The summed E-state index contributed by atoms with van der Waals surface area (Å²) in [6.45, 7) is 11.1. The van der Waals surface area contributed by atoms with Gasteiger partial charge >= 0.3 is 0 Å². The van der Waals surface area contributed by atoms with Crippen molar-refractivity contribution in [2.75, 3.05) is 24.4 Å². The van der Waals surface area contributed by atoms with Gasteiger partial charge in [-0.1, -0.05) is 68.4 Å². The van der Waals surface area contributed by atoms with E-state index >= 15 is 0 Å². The van der Waals surface area contributed by atoms with Gasteiger partial charge in [-0.15, -0.1) is 0 Å². The Balaban J connectivity index is 1.38. The zero-order valence-corrected chi connectivity index (χ0v) is 27.1. The standard InChI is InChI=1S/C35H41N5O4S/c1-24(2)20-29-16-17-39(23-27-12-6-5-7-13-27)18-19-40(29)34(42)28-14-9-15-30(21-28)45(43,44)38-35-36-31(22-32(41)37-35)33-25(3)10-8-11-26(33)4/h5-15,21-22,24,29H,16-20,23H2,1-4H3,(H2,36,37,38,41)/t29-/m0/s1. The average Bonchev–Trinajstić information content (AvgIpc) is 3.18. The van der Waals surface area contributed by atoms with Gasteiger partial charge in [0.2, 0.25) is 5.95 Å². The van der Waals surface area contributed by atoms with Crippen molar-refractivity contribution >= 4 is 21.9 Å². The van der Waals surface area contributed by atoms with E-state index in [0.717, 1.165) is 49.2 Å². The molecule has 0 radical (unpaired) electrons. The van der Waals surface area contributed by atoms with Gasteiger partial charge in [-0.2, -0.15) is 0 Å². The van der Waals surface area contributed by atoms with Crippen LogP contribution < -0.4 is 10.3 Å². The van der Waals surface area contributed by atoms with Gasteiger partial charge in [-0.25, -0.2) is 18.1 Å². The quantitative estimate of drug-likeness (QED) is 0.249. The van der Waals surface area contributed by atoms with Crippen molar-refractivity contribution in [1.29, 1.82) is 0 Å². The van der Waals surface area contributed by atoms with Gasteiger partial charge < -0.3 is 4.90 Å². The minimum Gasteiger partial charge on any atom is -0.334 e. The lowest BCUT2D eigenvalue weighted by atomic mass is 9.99. The predicted molar refractivity (Wildman–Crippen MR) is 178 cm³/mol. The molecule has 9 nitrogen and oxygen atoms in total. The second-order valence-corrected chi connectivity index (χ2v) is 13.9. The van der Waals surface area contributed by atoms with Crippen molar-refractivity contribution in [2.45, 2.75) is 58.0 Å². The minimum atomic E-state index is -4.18. The van der Waals surface area contributed by atoms with E-state index in [-0.39, 0.29) is 22.8 Å². The maximum atomic E-state index is 14.0. The second kappa shape index (κ2) is 13.8. The largest absolute Gasteiger partial charge is 0.334 e. The maximum Gasteiger partial charge on any atom is 0.264 e. The van der Waals surface area contributed by atoms with Crippen molar-refractivity contribution in [3.05, 3.63) is 111 Å². The Morgan fingerprint density at radius 2 is 1.67 bits per heavy atom. The number of aromatic nitrogens is 2. The van der Waals surface area contributed by atoms with E-state index in [2.05, 4.69) is 45.6 Å². The molecule has 0 spiro atoms. The molecule has 4 aromatic rings. The molecule has 1 aliphatic rings. The minimum absolute atomic E-state index is 0.0403. The molecule has 0 aliphatic carbocycles. The Morgan fingerprint density at radius 1 is 0.956 bits per heavy atom. The Hall–Kier alpha value is -4.28. The Kier molecular flexibility index (Phi) is 9.84. The summed E-state index contributed by atoms with van der Waals surface area (Å²) in [4.78, 5) is 37.6. The zero-order valence-electron chi connectivity index (χ0n) is 26.3. The van der Waals surface area contributed by atoms with Crippen LogP contribution in [0, 0.1) is 19.8 Å². The number of hydrogen-bond acceptors (Lipinski definition) is 6. The molecule has 2 N–H and O–H groups in total. The number of sulfonamides is 1.